The van der Waals surface area contributed by atoms with Crippen LogP contribution in [0.25, 0.3) is 0 Å². The van der Waals surface area contributed by atoms with Crippen LogP contribution in [0.5, 0.6) is 5.75 Å². The molecule has 0 saturated heterocycles. The molecule has 2 aromatic carbocycles. The van der Waals surface area contributed by atoms with Gasteiger partial charge in [0.05, 0.1) is 15.6 Å². The number of ether oxygens (including phenoxy) is 1. The molecule has 0 atom stereocenters. The van der Waals surface area contributed by atoms with Crippen molar-refractivity contribution in [3.05, 3.63) is 63.6 Å². The van der Waals surface area contributed by atoms with Crippen LogP contribution >= 0.6 is 46.4 Å². The number of halogens is 6. The summed E-state index contributed by atoms with van der Waals surface area (Å²) in [5.74, 6) is -0.927. The predicted molar refractivity (Wildman–Crippen MR) is 104 cm³/mol. The SMILES string of the molecule is O=C(NCc1ccc(OC(F)(F)C(Cl)Cl)cc1)NC(=O)c1c(Cl)cccc1Cl. The molecular formula is C17H12Cl4F2N2O3. The van der Waals surface area contributed by atoms with Crippen molar-refractivity contribution in [2.75, 3.05) is 0 Å². The summed E-state index contributed by atoms with van der Waals surface area (Å²) in [5, 5.41) is 4.73. The first-order valence-electron chi connectivity index (χ1n) is 7.57. The topological polar surface area (TPSA) is 67.4 Å². The summed E-state index contributed by atoms with van der Waals surface area (Å²) in [6.07, 6.45) is -3.75. The molecule has 3 amide bonds. The van der Waals surface area contributed by atoms with Gasteiger partial charge in [0, 0.05) is 6.54 Å². The molecular weight excluding hydrogens is 460 g/mol. The Morgan fingerprint density at radius 1 is 1.04 bits per heavy atom. The van der Waals surface area contributed by atoms with Gasteiger partial charge in [0.1, 0.15) is 5.75 Å². The third-order valence-corrected chi connectivity index (χ3v) is 4.44. The molecule has 2 rings (SSSR count). The van der Waals surface area contributed by atoms with Crippen LogP contribution in [0.4, 0.5) is 13.6 Å². The normalized spacial score (nSPS) is 11.2. The number of amides is 3. The molecule has 0 unspecified atom stereocenters. The molecule has 0 aliphatic rings. The number of nitrogens with one attached hydrogen (secondary N) is 2. The number of rotatable bonds is 6. The van der Waals surface area contributed by atoms with Crippen LogP contribution in [0, 0.1) is 0 Å². The van der Waals surface area contributed by atoms with E-state index in [0.29, 0.717) is 5.56 Å². The first-order chi connectivity index (χ1) is 13.1. The second-order valence-corrected chi connectivity index (χ2v) is 7.25. The van der Waals surface area contributed by atoms with Crippen molar-refractivity contribution in [3.63, 3.8) is 0 Å². The Bertz CT molecular complexity index is 844. The van der Waals surface area contributed by atoms with Crippen LogP contribution < -0.4 is 15.4 Å². The van der Waals surface area contributed by atoms with E-state index in [-0.39, 0.29) is 27.9 Å². The lowest BCUT2D eigenvalue weighted by Gasteiger charge is -2.18. The standard InChI is InChI=1S/C17H12Cl4F2N2O3/c18-11-2-1-3-12(19)13(11)14(26)25-16(27)24-8-9-4-6-10(7-5-9)28-17(22,23)15(20)21/h1-7,15H,8H2,(H2,24,25,26,27). The highest BCUT2D eigenvalue weighted by atomic mass is 35.5. The molecule has 0 aromatic heterocycles. The van der Waals surface area contributed by atoms with Crippen LogP contribution in [0.2, 0.25) is 10.0 Å². The predicted octanol–water partition coefficient (Wildman–Crippen LogP) is 5.41. The number of carbonyl (C=O) groups is 2. The number of benzene rings is 2. The molecule has 0 saturated carbocycles. The second-order valence-electron chi connectivity index (χ2n) is 5.34. The van der Waals surface area contributed by atoms with Crippen molar-refractivity contribution in [2.24, 2.45) is 0 Å². The molecule has 0 radical (unpaired) electrons. The van der Waals surface area contributed by atoms with E-state index < -0.39 is 22.9 Å². The Balaban J connectivity index is 1.90. The summed E-state index contributed by atoms with van der Waals surface area (Å²) in [6, 6.07) is 9.09. The van der Waals surface area contributed by atoms with Crippen molar-refractivity contribution in [1.82, 2.24) is 10.6 Å². The van der Waals surface area contributed by atoms with E-state index in [4.69, 9.17) is 46.4 Å². The van der Waals surface area contributed by atoms with Crippen LogP contribution in [0.15, 0.2) is 42.5 Å². The Morgan fingerprint density at radius 3 is 2.14 bits per heavy atom. The number of urea groups is 1. The molecule has 0 heterocycles. The maximum absolute atomic E-state index is 13.3. The summed E-state index contributed by atoms with van der Waals surface area (Å²) >= 11 is 22.1. The van der Waals surface area contributed by atoms with E-state index in [2.05, 4.69) is 15.4 Å². The molecule has 2 aromatic rings. The fraction of sp³-hybridized carbons (Fsp3) is 0.176. The quantitative estimate of drug-likeness (QED) is 0.553. The van der Waals surface area contributed by atoms with E-state index in [1.165, 1.54) is 36.4 Å². The minimum Gasteiger partial charge on any atom is -0.431 e. The Labute approximate surface area is 178 Å². The Kier molecular flexibility index (Phi) is 7.71. The second kappa shape index (κ2) is 9.60. The molecule has 2 N–H and O–H groups in total. The van der Waals surface area contributed by atoms with Gasteiger partial charge in [0.2, 0.25) is 4.84 Å². The number of hydrogen-bond acceptors (Lipinski definition) is 3. The summed E-state index contributed by atoms with van der Waals surface area (Å²) in [5.41, 5.74) is 0.530. The smallest absolute Gasteiger partial charge is 0.428 e. The van der Waals surface area contributed by atoms with Crippen LogP contribution in [-0.2, 0) is 6.54 Å². The van der Waals surface area contributed by atoms with Gasteiger partial charge in [-0.05, 0) is 29.8 Å². The fourth-order valence-electron chi connectivity index (χ4n) is 1.98. The van der Waals surface area contributed by atoms with Gasteiger partial charge in [-0.2, -0.15) is 8.78 Å². The van der Waals surface area contributed by atoms with Crippen LogP contribution in [0.3, 0.4) is 0 Å². The van der Waals surface area contributed by atoms with E-state index in [1.54, 1.807) is 6.07 Å². The molecule has 11 heteroatoms. The highest BCUT2D eigenvalue weighted by molar-refractivity contribution is 6.44. The van der Waals surface area contributed by atoms with Gasteiger partial charge in [-0.15, -0.1) is 0 Å². The van der Waals surface area contributed by atoms with Crippen LogP contribution in [0.1, 0.15) is 15.9 Å². The highest BCUT2D eigenvalue weighted by Gasteiger charge is 2.40. The first kappa shape index (κ1) is 22.5. The zero-order valence-corrected chi connectivity index (χ0v) is 16.8. The van der Waals surface area contributed by atoms with Gasteiger partial charge < -0.3 is 10.1 Å². The average Bonchev–Trinajstić information content (AvgIpc) is 2.60. The lowest BCUT2D eigenvalue weighted by molar-refractivity contribution is -0.163. The van der Waals surface area contributed by atoms with Crippen molar-refractivity contribution in [2.45, 2.75) is 17.5 Å². The largest absolute Gasteiger partial charge is 0.431 e. The molecule has 0 spiro atoms. The van der Waals surface area contributed by atoms with E-state index >= 15 is 0 Å². The van der Waals surface area contributed by atoms with Gasteiger partial charge in [-0.3, -0.25) is 10.1 Å². The summed E-state index contributed by atoms with van der Waals surface area (Å²) in [6.45, 7) is 0.0136. The molecule has 150 valence electrons. The van der Waals surface area contributed by atoms with Crippen molar-refractivity contribution < 1.29 is 23.1 Å². The Hall–Kier alpha value is -1.80. The molecule has 28 heavy (non-hydrogen) atoms. The third kappa shape index (κ3) is 6.10. The van der Waals surface area contributed by atoms with Gasteiger partial charge in [0.15, 0.2) is 0 Å². The molecule has 5 nitrogen and oxygen atoms in total. The van der Waals surface area contributed by atoms with Gasteiger partial charge in [-0.25, -0.2) is 4.79 Å². The summed E-state index contributed by atoms with van der Waals surface area (Å²) in [7, 11) is 0. The third-order valence-electron chi connectivity index (χ3n) is 3.30. The minimum atomic E-state index is -3.75. The van der Waals surface area contributed by atoms with E-state index in [0.717, 1.165) is 0 Å². The van der Waals surface area contributed by atoms with E-state index in [9.17, 15) is 18.4 Å². The maximum Gasteiger partial charge on any atom is 0.428 e. The zero-order chi connectivity index (χ0) is 20.9. The van der Waals surface area contributed by atoms with Crippen molar-refractivity contribution in [3.8, 4) is 5.75 Å². The Morgan fingerprint density at radius 2 is 1.61 bits per heavy atom. The maximum atomic E-state index is 13.3. The van der Waals surface area contributed by atoms with Crippen molar-refractivity contribution in [1.29, 1.82) is 0 Å². The summed E-state index contributed by atoms with van der Waals surface area (Å²) < 4.78 is 31.0. The van der Waals surface area contributed by atoms with Gasteiger partial charge >= 0.3 is 12.1 Å². The molecule has 0 aliphatic carbocycles. The van der Waals surface area contributed by atoms with Gasteiger partial charge in [0.25, 0.3) is 5.91 Å². The highest BCUT2D eigenvalue weighted by Crippen LogP contribution is 2.30. The van der Waals surface area contributed by atoms with E-state index in [1.807, 2.05) is 0 Å². The molecule has 0 bridgehead atoms. The number of imide groups is 1. The minimum absolute atomic E-state index is 0.0136. The molecule has 0 fully saturated rings. The summed E-state index contributed by atoms with van der Waals surface area (Å²) in [4.78, 5) is 21.9. The molecule has 0 aliphatic heterocycles. The zero-order valence-electron chi connectivity index (χ0n) is 13.8. The fourth-order valence-corrected chi connectivity index (χ4v) is 2.64. The van der Waals surface area contributed by atoms with Crippen LogP contribution in [-0.4, -0.2) is 22.9 Å². The van der Waals surface area contributed by atoms with Gasteiger partial charge in [-0.1, -0.05) is 64.6 Å². The first-order valence-corrected chi connectivity index (χ1v) is 9.20. The number of carbonyl (C=O) groups excluding carboxylic acids is 2. The number of hydrogen-bond donors (Lipinski definition) is 2. The number of alkyl halides is 4. The lowest BCUT2D eigenvalue weighted by Crippen LogP contribution is -2.39. The monoisotopic (exact) mass is 470 g/mol. The lowest BCUT2D eigenvalue weighted by atomic mass is 10.2. The average molecular weight is 472 g/mol. The van der Waals surface area contributed by atoms with Crippen molar-refractivity contribution >= 4 is 58.3 Å².